The summed E-state index contributed by atoms with van der Waals surface area (Å²) in [6.07, 6.45) is 3.21. The lowest BCUT2D eigenvalue weighted by Gasteiger charge is -2.10. The summed E-state index contributed by atoms with van der Waals surface area (Å²) >= 11 is 0. The van der Waals surface area contributed by atoms with E-state index in [0.29, 0.717) is 12.5 Å². The van der Waals surface area contributed by atoms with Gasteiger partial charge in [0.1, 0.15) is 5.82 Å². The van der Waals surface area contributed by atoms with Crippen LogP contribution in [0.3, 0.4) is 0 Å². The summed E-state index contributed by atoms with van der Waals surface area (Å²) in [6, 6.07) is 5.86. The monoisotopic (exact) mass is 276 g/mol. The van der Waals surface area contributed by atoms with Crippen molar-refractivity contribution in [3.05, 3.63) is 68.7 Å². The van der Waals surface area contributed by atoms with Crippen molar-refractivity contribution in [1.29, 1.82) is 0 Å². The van der Waals surface area contributed by atoms with Crippen molar-refractivity contribution in [3.63, 3.8) is 0 Å². The maximum Gasteiger partial charge on any atom is 0.316 e. The molecule has 106 valence electrons. The third kappa shape index (κ3) is 3.23. The number of benzene rings is 1. The van der Waals surface area contributed by atoms with Crippen molar-refractivity contribution in [1.82, 2.24) is 9.13 Å². The topological polar surface area (TPSA) is 44.0 Å². The molecule has 0 radical (unpaired) electrons. The number of halogens is 1. The molecule has 20 heavy (non-hydrogen) atoms. The Morgan fingerprint density at radius 3 is 2.15 bits per heavy atom. The quantitative estimate of drug-likeness (QED) is 0.800. The van der Waals surface area contributed by atoms with Gasteiger partial charge in [-0.05, 0) is 23.6 Å². The number of aromatic nitrogens is 2. The summed E-state index contributed by atoms with van der Waals surface area (Å²) < 4.78 is 15.6. The molecule has 1 aromatic carbocycles. The standard InChI is InChI=1S/C15H17FN2O2/c1-11(2)9-17-7-8-18(15(20)14(17)19)10-12-3-5-13(16)6-4-12/h3-8,11H,9-10H2,1-2H3. The molecule has 1 aromatic heterocycles. The molecule has 0 saturated heterocycles. The van der Waals surface area contributed by atoms with E-state index in [1.165, 1.54) is 21.3 Å². The lowest BCUT2D eigenvalue weighted by Crippen LogP contribution is -2.41. The van der Waals surface area contributed by atoms with E-state index in [4.69, 9.17) is 0 Å². The van der Waals surface area contributed by atoms with Crippen LogP contribution >= 0.6 is 0 Å². The van der Waals surface area contributed by atoms with Gasteiger partial charge in [-0.1, -0.05) is 26.0 Å². The minimum Gasteiger partial charge on any atom is -0.309 e. The van der Waals surface area contributed by atoms with Crippen LogP contribution < -0.4 is 11.1 Å². The molecule has 5 heteroatoms. The Hall–Kier alpha value is -2.17. The van der Waals surface area contributed by atoms with Gasteiger partial charge in [0.25, 0.3) is 0 Å². The average molecular weight is 276 g/mol. The highest BCUT2D eigenvalue weighted by Gasteiger charge is 2.06. The Balaban J connectivity index is 2.30. The van der Waals surface area contributed by atoms with Crippen LogP contribution in [-0.4, -0.2) is 9.13 Å². The van der Waals surface area contributed by atoms with E-state index >= 15 is 0 Å². The molecule has 2 rings (SSSR count). The van der Waals surface area contributed by atoms with Gasteiger partial charge in [0.2, 0.25) is 0 Å². The van der Waals surface area contributed by atoms with E-state index in [0.717, 1.165) is 5.56 Å². The van der Waals surface area contributed by atoms with E-state index in [1.807, 2.05) is 13.8 Å². The fraction of sp³-hybridized carbons (Fsp3) is 0.333. The van der Waals surface area contributed by atoms with Crippen molar-refractivity contribution < 1.29 is 4.39 Å². The summed E-state index contributed by atoms with van der Waals surface area (Å²) in [5.41, 5.74) is -0.310. The van der Waals surface area contributed by atoms with E-state index in [9.17, 15) is 14.0 Å². The molecule has 0 atom stereocenters. The van der Waals surface area contributed by atoms with Crippen molar-refractivity contribution in [2.24, 2.45) is 5.92 Å². The van der Waals surface area contributed by atoms with Crippen LogP contribution in [0.25, 0.3) is 0 Å². The number of hydrogen-bond acceptors (Lipinski definition) is 2. The molecule has 2 aromatic rings. The molecule has 0 aliphatic rings. The SMILES string of the molecule is CC(C)Cn1ccn(Cc2ccc(F)cc2)c(=O)c1=O. The fourth-order valence-corrected chi connectivity index (χ4v) is 1.99. The third-order valence-corrected chi connectivity index (χ3v) is 2.96. The minimum absolute atomic E-state index is 0.261. The number of hydrogen-bond donors (Lipinski definition) is 0. The van der Waals surface area contributed by atoms with Crippen molar-refractivity contribution >= 4 is 0 Å². The van der Waals surface area contributed by atoms with Crippen LogP contribution in [0.1, 0.15) is 19.4 Å². The maximum absolute atomic E-state index is 12.8. The smallest absolute Gasteiger partial charge is 0.309 e. The largest absolute Gasteiger partial charge is 0.316 e. The molecule has 0 aliphatic heterocycles. The van der Waals surface area contributed by atoms with Crippen LogP contribution in [0.4, 0.5) is 4.39 Å². The summed E-state index contributed by atoms with van der Waals surface area (Å²) in [7, 11) is 0. The van der Waals surface area contributed by atoms with Gasteiger partial charge in [-0.2, -0.15) is 0 Å². The Bertz CT molecular complexity index is 699. The van der Waals surface area contributed by atoms with Gasteiger partial charge >= 0.3 is 11.1 Å². The van der Waals surface area contributed by atoms with Gasteiger partial charge in [-0.3, -0.25) is 9.59 Å². The average Bonchev–Trinajstić information content (AvgIpc) is 2.40. The lowest BCUT2D eigenvalue weighted by molar-refractivity contribution is 0.499. The van der Waals surface area contributed by atoms with Crippen LogP contribution in [-0.2, 0) is 13.1 Å². The summed E-state index contributed by atoms with van der Waals surface area (Å²) in [4.78, 5) is 23.9. The van der Waals surface area contributed by atoms with E-state index in [2.05, 4.69) is 0 Å². The first-order valence-electron chi connectivity index (χ1n) is 6.51. The molecule has 0 N–H and O–H groups in total. The first-order chi connectivity index (χ1) is 9.47. The molecule has 1 heterocycles. The Morgan fingerprint density at radius 1 is 1.00 bits per heavy atom. The second kappa shape index (κ2) is 5.86. The molecule has 0 saturated carbocycles. The molecule has 0 fully saturated rings. The highest BCUT2D eigenvalue weighted by atomic mass is 19.1. The molecule has 0 amide bonds. The van der Waals surface area contributed by atoms with E-state index < -0.39 is 11.1 Å². The summed E-state index contributed by atoms with van der Waals surface area (Å²) in [6.45, 7) is 4.75. The lowest BCUT2D eigenvalue weighted by atomic mass is 10.2. The second-order valence-corrected chi connectivity index (χ2v) is 5.21. The minimum atomic E-state index is -0.558. The first-order valence-corrected chi connectivity index (χ1v) is 6.51. The Labute approximate surface area is 116 Å². The summed E-state index contributed by atoms with van der Waals surface area (Å²) in [5, 5.41) is 0. The summed E-state index contributed by atoms with van der Waals surface area (Å²) in [5.74, 6) is -0.0338. The normalized spacial score (nSPS) is 11.0. The van der Waals surface area contributed by atoms with Crippen molar-refractivity contribution in [2.45, 2.75) is 26.9 Å². The van der Waals surface area contributed by atoms with Gasteiger partial charge in [-0.25, -0.2) is 4.39 Å². The fourth-order valence-electron chi connectivity index (χ4n) is 1.99. The molecule has 0 bridgehead atoms. The Morgan fingerprint density at radius 2 is 1.55 bits per heavy atom. The molecule has 0 aliphatic carbocycles. The zero-order chi connectivity index (χ0) is 14.7. The van der Waals surface area contributed by atoms with Crippen LogP contribution in [0.15, 0.2) is 46.2 Å². The number of rotatable bonds is 4. The van der Waals surface area contributed by atoms with Gasteiger partial charge in [0.15, 0.2) is 0 Å². The highest BCUT2D eigenvalue weighted by molar-refractivity contribution is 5.16. The highest BCUT2D eigenvalue weighted by Crippen LogP contribution is 2.03. The third-order valence-electron chi connectivity index (χ3n) is 2.96. The maximum atomic E-state index is 12.8. The van der Waals surface area contributed by atoms with Crippen LogP contribution in [0.2, 0.25) is 0 Å². The van der Waals surface area contributed by atoms with E-state index in [1.54, 1.807) is 24.5 Å². The predicted octanol–water partition coefficient (Wildman–Crippen LogP) is 1.85. The second-order valence-electron chi connectivity index (χ2n) is 5.21. The van der Waals surface area contributed by atoms with Gasteiger partial charge in [0, 0.05) is 18.9 Å². The molecule has 0 spiro atoms. The molecular formula is C15H17FN2O2. The zero-order valence-corrected chi connectivity index (χ0v) is 11.5. The van der Waals surface area contributed by atoms with Crippen molar-refractivity contribution in [2.75, 3.05) is 0 Å². The first kappa shape index (κ1) is 14.2. The van der Waals surface area contributed by atoms with Gasteiger partial charge in [0.05, 0.1) is 6.54 Å². The van der Waals surface area contributed by atoms with Gasteiger partial charge < -0.3 is 9.13 Å². The number of nitrogens with zero attached hydrogens (tertiary/aromatic N) is 2. The molecule has 0 unspecified atom stereocenters. The van der Waals surface area contributed by atoms with E-state index in [-0.39, 0.29) is 12.4 Å². The zero-order valence-electron chi connectivity index (χ0n) is 11.5. The molecular weight excluding hydrogens is 259 g/mol. The van der Waals surface area contributed by atoms with Crippen LogP contribution in [0.5, 0.6) is 0 Å². The van der Waals surface area contributed by atoms with Crippen molar-refractivity contribution in [3.8, 4) is 0 Å². The van der Waals surface area contributed by atoms with Gasteiger partial charge in [-0.15, -0.1) is 0 Å². The predicted molar refractivity (Wildman–Crippen MR) is 75.3 cm³/mol. The Kier molecular flexibility index (Phi) is 4.17. The molecule has 4 nitrogen and oxygen atoms in total. The van der Waals surface area contributed by atoms with Crippen LogP contribution in [0, 0.1) is 11.7 Å².